The van der Waals surface area contributed by atoms with Crippen LogP contribution >= 0.6 is 0 Å². The van der Waals surface area contributed by atoms with Crippen molar-refractivity contribution in [2.75, 3.05) is 5.32 Å². The molecule has 0 unspecified atom stereocenters. The van der Waals surface area contributed by atoms with Crippen LogP contribution in [0.3, 0.4) is 0 Å². The molecule has 0 aliphatic rings. The van der Waals surface area contributed by atoms with Crippen molar-refractivity contribution in [3.8, 4) is 11.8 Å². The second-order valence-corrected chi connectivity index (χ2v) is 6.57. The number of benzene rings is 2. The van der Waals surface area contributed by atoms with Gasteiger partial charge in [0, 0.05) is 29.2 Å². The summed E-state index contributed by atoms with van der Waals surface area (Å²) in [7, 11) is 0. The molecule has 0 atom stereocenters. The predicted molar refractivity (Wildman–Crippen MR) is 111 cm³/mol. The van der Waals surface area contributed by atoms with E-state index in [0.29, 0.717) is 16.9 Å². The molecule has 1 aromatic heterocycles. The zero-order valence-electron chi connectivity index (χ0n) is 16.2. The number of hydrogen-bond acceptors (Lipinski definition) is 4. The van der Waals surface area contributed by atoms with E-state index in [0.717, 1.165) is 11.4 Å². The van der Waals surface area contributed by atoms with E-state index in [1.54, 1.807) is 25.1 Å². The average Bonchev–Trinajstić information content (AvgIpc) is 3.00. The zero-order valence-corrected chi connectivity index (χ0v) is 16.2. The molecule has 8 heteroatoms. The fourth-order valence-corrected chi connectivity index (χ4v) is 3.11. The van der Waals surface area contributed by atoms with Gasteiger partial charge < -0.3 is 9.88 Å². The number of nitro benzene ring substituents is 1. The molecule has 0 aliphatic heterocycles. The molecule has 150 valence electrons. The highest BCUT2D eigenvalue weighted by Gasteiger charge is 2.15. The Morgan fingerprint density at radius 3 is 2.53 bits per heavy atom. The highest BCUT2D eigenvalue weighted by Crippen LogP contribution is 2.25. The molecular weight excluding hydrogens is 387 g/mol. The van der Waals surface area contributed by atoms with Crippen LogP contribution in [0.1, 0.15) is 17.0 Å². The van der Waals surface area contributed by atoms with Crippen LogP contribution in [-0.4, -0.2) is 15.4 Å². The molecule has 0 saturated carbocycles. The summed E-state index contributed by atoms with van der Waals surface area (Å²) in [6.45, 7) is 3.62. The highest BCUT2D eigenvalue weighted by molar-refractivity contribution is 6.09. The normalized spacial score (nSPS) is 11.1. The number of nitriles is 1. The van der Waals surface area contributed by atoms with Gasteiger partial charge in [-0.15, -0.1) is 0 Å². The third-order valence-corrected chi connectivity index (χ3v) is 4.54. The van der Waals surface area contributed by atoms with E-state index in [1.807, 2.05) is 17.6 Å². The van der Waals surface area contributed by atoms with Crippen LogP contribution in [0.2, 0.25) is 0 Å². The van der Waals surface area contributed by atoms with Crippen LogP contribution < -0.4 is 5.32 Å². The second-order valence-electron chi connectivity index (χ2n) is 6.57. The molecule has 0 saturated heterocycles. The summed E-state index contributed by atoms with van der Waals surface area (Å²) in [4.78, 5) is 23.1. The number of nitrogens with one attached hydrogen (secondary N) is 1. The van der Waals surface area contributed by atoms with Crippen molar-refractivity contribution >= 4 is 23.4 Å². The molecule has 0 spiro atoms. The molecule has 3 aromatic rings. The number of rotatable bonds is 5. The fraction of sp³-hybridized carbons (Fsp3) is 0.0909. The Hall–Kier alpha value is -4.25. The van der Waals surface area contributed by atoms with Gasteiger partial charge in [0.1, 0.15) is 17.5 Å². The molecule has 30 heavy (non-hydrogen) atoms. The molecule has 2 aromatic carbocycles. The quantitative estimate of drug-likeness (QED) is 0.289. The number of anilines is 1. The van der Waals surface area contributed by atoms with Gasteiger partial charge in [-0.2, -0.15) is 5.26 Å². The summed E-state index contributed by atoms with van der Waals surface area (Å²) in [5.41, 5.74) is 2.94. The van der Waals surface area contributed by atoms with Gasteiger partial charge in [0.15, 0.2) is 0 Å². The molecule has 1 N–H and O–H groups in total. The fourth-order valence-electron chi connectivity index (χ4n) is 3.11. The Morgan fingerprint density at radius 2 is 1.90 bits per heavy atom. The molecular formula is C22H17FN4O3. The lowest BCUT2D eigenvalue weighted by atomic mass is 10.1. The van der Waals surface area contributed by atoms with Gasteiger partial charge >= 0.3 is 0 Å². The molecule has 1 heterocycles. The van der Waals surface area contributed by atoms with E-state index in [9.17, 15) is 24.6 Å². The van der Waals surface area contributed by atoms with E-state index in [1.165, 1.54) is 42.5 Å². The topological polar surface area (TPSA) is 101 Å². The minimum Gasteiger partial charge on any atom is -0.321 e. The lowest BCUT2D eigenvalue weighted by Gasteiger charge is -2.09. The van der Waals surface area contributed by atoms with E-state index in [4.69, 9.17) is 0 Å². The lowest BCUT2D eigenvalue weighted by molar-refractivity contribution is -0.384. The first kappa shape index (κ1) is 20.5. The number of hydrogen-bond donors (Lipinski definition) is 1. The Labute approximate surface area is 171 Å². The number of aromatic nitrogens is 1. The Bertz CT molecular complexity index is 1200. The first-order valence-corrected chi connectivity index (χ1v) is 8.92. The van der Waals surface area contributed by atoms with Crippen molar-refractivity contribution in [3.63, 3.8) is 0 Å². The summed E-state index contributed by atoms with van der Waals surface area (Å²) >= 11 is 0. The number of amides is 1. The number of non-ortho nitro benzene ring substituents is 1. The first-order valence-electron chi connectivity index (χ1n) is 8.92. The maximum absolute atomic E-state index is 13.0. The van der Waals surface area contributed by atoms with E-state index >= 15 is 0 Å². The zero-order chi connectivity index (χ0) is 21.8. The number of halogens is 1. The van der Waals surface area contributed by atoms with E-state index in [2.05, 4.69) is 5.32 Å². The third-order valence-electron chi connectivity index (χ3n) is 4.54. The molecule has 0 bridgehead atoms. The number of carbonyl (C=O) groups excluding carboxylic acids is 1. The molecule has 0 radical (unpaired) electrons. The predicted octanol–water partition coefficient (Wildman–Crippen LogP) is 4.69. The van der Waals surface area contributed by atoms with Gasteiger partial charge in [-0.05, 0) is 61.9 Å². The largest absolute Gasteiger partial charge is 0.321 e. The Morgan fingerprint density at radius 1 is 1.20 bits per heavy atom. The summed E-state index contributed by atoms with van der Waals surface area (Å²) in [5, 5.41) is 23.1. The average molecular weight is 404 g/mol. The van der Waals surface area contributed by atoms with Crippen molar-refractivity contribution in [2.24, 2.45) is 0 Å². The summed E-state index contributed by atoms with van der Waals surface area (Å²) in [6, 6.07) is 15.1. The maximum Gasteiger partial charge on any atom is 0.271 e. The highest BCUT2D eigenvalue weighted by atomic mass is 19.1. The number of carbonyl (C=O) groups is 1. The van der Waals surface area contributed by atoms with E-state index < -0.39 is 16.6 Å². The van der Waals surface area contributed by atoms with Gasteiger partial charge in [0.25, 0.3) is 11.6 Å². The molecule has 7 nitrogen and oxygen atoms in total. The molecule has 1 amide bonds. The third kappa shape index (κ3) is 4.25. The second kappa shape index (κ2) is 8.41. The minimum atomic E-state index is -0.621. The Kier molecular flexibility index (Phi) is 5.74. The van der Waals surface area contributed by atoms with Crippen LogP contribution in [-0.2, 0) is 4.79 Å². The Balaban J connectivity index is 1.94. The number of nitrogens with zero attached hydrogens (tertiary/aromatic N) is 3. The van der Waals surface area contributed by atoms with Crippen LogP contribution in [0.4, 0.5) is 15.8 Å². The summed E-state index contributed by atoms with van der Waals surface area (Å²) in [5.74, 6) is -1.05. The van der Waals surface area contributed by atoms with Crippen molar-refractivity contribution in [1.82, 2.24) is 4.57 Å². The first-order chi connectivity index (χ1) is 14.3. The number of nitro groups is 1. The standard InChI is InChI=1S/C22H17FN4O3/c1-14-10-16(15(2)26(14)20-4-3-5-21(12-20)27(29)30)11-17(13-24)22(28)25-19-8-6-18(23)7-9-19/h3-12H,1-2H3,(H,25,28)/b17-11-. The molecule has 0 fully saturated rings. The van der Waals surface area contributed by atoms with Gasteiger partial charge in [0.05, 0.1) is 10.6 Å². The van der Waals surface area contributed by atoms with Crippen molar-refractivity contribution < 1.29 is 14.1 Å². The summed E-state index contributed by atoms with van der Waals surface area (Å²) in [6.07, 6.45) is 1.45. The van der Waals surface area contributed by atoms with Crippen molar-refractivity contribution in [2.45, 2.75) is 13.8 Å². The lowest BCUT2D eigenvalue weighted by Crippen LogP contribution is -2.13. The molecule has 3 rings (SSSR count). The van der Waals surface area contributed by atoms with Crippen LogP contribution in [0.25, 0.3) is 11.8 Å². The monoisotopic (exact) mass is 404 g/mol. The van der Waals surface area contributed by atoms with Crippen LogP contribution in [0.5, 0.6) is 0 Å². The molecule has 0 aliphatic carbocycles. The SMILES string of the molecule is Cc1cc(/C=C(/C#N)C(=O)Nc2ccc(F)cc2)c(C)n1-c1cccc([N+](=O)[O-])c1. The van der Waals surface area contributed by atoms with Crippen molar-refractivity contribution in [3.05, 3.63) is 93.1 Å². The van der Waals surface area contributed by atoms with Crippen LogP contribution in [0.15, 0.2) is 60.2 Å². The summed E-state index contributed by atoms with van der Waals surface area (Å²) < 4.78 is 14.8. The van der Waals surface area contributed by atoms with E-state index in [-0.39, 0.29) is 11.3 Å². The van der Waals surface area contributed by atoms with Gasteiger partial charge in [-0.25, -0.2) is 4.39 Å². The maximum atomic E-state index is 13.0. The van der Waals surface area contributed by atoms with Crippen LogP contribution in [0, 0.1) is 41.1 Å². The number of aryl methyl sites for hydroxylation is 1. The smallest absolute Gasteiger partial charge is 0.271 e. The van der Waals surface area contributed by atoms with Gasteiger partial charge in [-0.1, -0.05) is 6.07 Å². The van der Waals surface area contributed by atoms with Gasteiger partial charge in [0.2, 0.25) is 0 Å². The van der Waals surface area contributed by atoms with Gasteiger partial charge in [-0.3, -0.25) is 14.9 Å². The van der Waals surface area contributed by atoms with Crippen molar-refractivity contribution in [1.29, 1.82) is 5.26 Å². The minimum absolute atomic E-state index is 0.0338.